The van der Waals surface area contributed by atoms with Crippen molar-refractivity contribution < 1.29 is 4.79 Å². The number of hydrogen-bond acceptors (Lipinski definition) is 5. The van der Waals surface area contributed by atoms with E-state index >= 15 is 0 Å². The number of nitrogen functional groups attached to an aromatic ring is 1. The summed E-state index contributed by atoms with van der Waals surface area (Å²) >= 11 is 3.25. The number of nitrogens with one attached hydrogen (secondary N) is 3. The minimum atomic E-state index is -0.284. The van der Waals surface area contributed by atoms with Crippen LogP contribution in [0, 0.1) is 0 Å². The third-order valence-electron chi connectivity index (χ3n) is 2.21. The van der Waals surface area contributed by atoms with Gasteiger partial charge in [0.15, 0.2) is 5.82 Å². The lowest BCUT2D eigenvalue weighted by Crippen LogP contribution is -2.25. The van der Waals surface area contributed by atoms with E-state index in [0.717, 1.165) is 0 Å². The number of pyridine rings is 1. The summed E-state index contributed by atoms with van der Waals surface area (Å²) in [5.41, 5.74) is 2.74. The number of carbonyl (C=O) groups excluding carboxylic acids is 1. The fraction of sp³-hybridized carbons (Fsp3) is 0.100. The Morgan fingerprint density at radius 2 is 2.33 bits per heavy atom. The molecule has 0 radical (unpaired) electrons. The molecule has 1 amide bonds. The highest BCUT2D eigenvalue weighted by Gasteiger charge is 2.12. The van der Waals surface area contributed by atoms with Gasteiger partial charge in [0.2, 0.25) is 0 Å². The summed E-state index contributed by atoms with van der Waals surface area (Å²) in [6.45, 7) is 0.308. The van der Waals surface area contributed by atoms with E-state index in [9.17, 15) is 4.79 Å². The molecule has 0 bridgehead atoms. The maximum Gasteiger partial charge on any atom is 0.255 e. The molecule has 0 unspecified atom stereocenters. The number of H-pyrrole nitrogens is 1. The molecule has 18 heavy (non-hydrogen) atoms. The van der Waals surface area contributed by atoms with Crippen LogP contribution in [-0.4, -0.2) is 20.9 Å². The molecule has 2 rings (SSSR count). The van der Waals surface area contributed by atoms with E-state index in [1.807, 2.05) is 0 Å². The summed E-state index contributed by atoms with van der Waals surface area (Å²) in [5.74, 6) is 6.01. The second kappa shape index (κ2) is 5.61. The molecule has 2 aromatic rings. The van der Waals surface area contributed by atoms with E-state index in [4.69, 9.17) is 5.84 Å². The average molecular weight is 311 g/mol. The van der Waals surface area contributed by atoms with Crippen molar-refractivity contribution in [2.45, 2.75) is 6.54 Å². The first-order valence-corrected chi connectivity index (χ1v) is 5.88. The quantitative estimate of drug-likeness (QED) is 0.493. The summed E-state index contributed by atoms with van der Waals surface area (Å²) < 4.78 is 0.699. The zero-order valence-corrected chi connectivity index (χ0v) is 10.9. The summed E-state index contributed by atoms with van der Waals surface area (Å²) in [5, 5.41) is 2.71. The Morgan fingerprint density at radius 3 is 3.00 bits per heavy atom. The van der Waals surface area contributed by atoms with Crippen LogP contribution in [0.3, 0.4) is 0 Å². The Labute approximate surface area is 111 Å². The van der Waals surface area contributed by atoms with Crippen molar-refractivity contribution in [3.05, 3.63) is 40.5 Å². The molecule has 94 valence electrons. The normalized spacial score (nSPS) is 10.1. The lowest BCUT2D eigenvalue weighted by molar-refractivity contribution is 0.0950. The van der Waals surface area contributed by atoms with Crippen LogP contribution in [0.1, 0.15) is 16.2 Å². The first kappa shape index (κ1) is 12.5. The third-order valence-corrected chi connectivity index (χ3v) is 2.64. The maximum atomic E-state index is 12.0. The Balaban J connectivity index is 2.10. The lowest BCUT2D eigenvalue weighted by Gasteiger charge is -2.08. The molecule has 0 saturated heterocycles. The highest BCUT2D eigenvalue weighted by Crippen LogP contribution is 2.17. The van der Waals surface area contributed by atoms with Crippen LogP contribution in [0.2, 0.25) is 0 Å². The Kier molecular flexibility index (Phi) is 3.90. The van der Waals surface area contributed by atoms with Crippen LogP contribution in [0.5, 0.6) is 0 Å². The van der Waals surface area contributed by atoms with E-state index < -0.39 is 0 Å². The van der Waals surface area contributed by atoms with Gasteiger partial charge in [0.1, 0.15) is 5.82 Å². The van der Waals surface area contributed by atoms with Gasteiger partial charge in [0.25, 0.3) is 5.91 Å². The van der Waals surface area contributed by atoms with Gasteiger partial charge in [-0.3, -0.25) is 4.79 Å². The largest absolute Gasteiger partial charge is 0.347 e. The molecule has 0 saturated carbocycles. The molecule has 0 aliphatic rings. The number of nitrogens with two attached hydrogens (primary N) is 1. The summed E-state index contributed by atoms with van der Waals surface area (Å²) in [4.78, 5) is 22.9. The summed E-state index contributed by atoms with van der Waals surface area (Å²) in [6, 6.07) is 1.64. The molecule has 8 heteroatoms. The smallest absolute Gasteiger partial charge is 0.255 e. The van der Waals surface area contributed by atoms with Gasteiger partial charge in [0, 0.05) is 23.1 Å². The molecule has 0 aliphatic carbocycles. The number of aromatic amines is 1. The van der Waals surface area contributed by atoms with Crippen LogP contribution >= 0.6 is 15.9 Å². The molecule has 5 N–H and O–H groups in total. The molecule has 0 aromatic carbocycles. The van der Waals surface area contributed by atoms with Crippen molar-refractivity contribution in [1.29, 1.82) is 0 Å². The first-order valence-electron chi connectivity index (χ1n) is 5.09. The molecular weight excluding hydrogens is 300 g/mol. The lowest BCUT2D eigenvalue weighted by atomic mass is 10.2. The number of anilines is 1. The molecular formula is C10H11BrN6O. The van der Waals surface area contributed by atoms with Gasteiger partial charge >= 0.3 is 0 Å². The van der Waals surface area contributed by atoms with Gasteiger partial charge in [-0.2, -0.15) is 0 Å². The topological polar surface area (TPSA) is 109 Å². The van der Waals surface area contributed by atoms with Crippen LogP contribution < -0.4 is 16.6 Å². The van der Waals surface area contributed by atoms with Crippen LogP contribution in [0.15, 0.2) is 29.1 Å². The van der Waals surface area contributed by atoms with Gasteiger partial charge in [-0.05, 0) is 22.0 Å². The minimum Gasteiger partial charge on any atom is -0.347 e. The van der Waals surface area contributed by atoms with Gasteiger partial charge in [-0.25, -0.2) is 15.8 Å². The minimum absolute atomic E-state index is 0.284. The Hall–Kier alpha value is -1.93. The van der Waals surface area contributed by atoms with Gasteiger partial charge in [-0.1, -0.05) is 0 Å². The van der Waals surface area contributed by atoms with Crippen molar-refractivity contribution in [2.24, 2.45) is 5.84 Å². The maximum absolute atomic E-state index is 12.0. The van der Waals surface area contributed by atoms with Crippen molar-refractivity contribution in [3.8, 4) is 0 Å². The second-order valence-corrected chi connectivity index (χ2v) is 4.33. The van der Waals surface area contributed by atoms with Crippen molar-refractivity contribution in [1.82, 2.24) is 20.3 Å². The predicted octanol–water partition coefficient (Wildman–Crippen LogP) is 0.783. The summed E-state index contributed by atoms with van der Waals surface area (Å²) in [7, 11) is 0. The number of halogens is 1. The average Bonchev–Trinajstić information content (AvgIpc) is 2.89. The SMILES string of the molecule is NNc1ncc(Br)cc1C(=O)NCc1ncc[nH]1. The molecule has 0 atom stereocenters. The fourth-order valence-corrected chi connectivity index (χ4v) is 1.71. The zero-order chi connectivity index (χ0) is 13.0. The Morgan fingerprint density at radius 1 is 1.50 bits per heavy atom. The van der Waals surface area contributed by atoms with E-state index in [0.29, 0.717) is 28.2 Å². The standard InChI is InChI=1S/C10H11BrN6O/c11-6-3-7(9(17-12)15-4-6)10(18)16-5-8-13-1-2-14-8/h1-4H,5,12H2,(H,13,14)(H,15,17)(H,16,18). The van der Waals surface area contributed by atoms with Gasteiger partial charge in [-0.15, -0.1) is 0 Å². The van der Waals surface area contributed by atoms with Crippen LogP contribution in [-0.2, 0) is 6.54 Å². The first-order chi connectivity index (χ1) is 8.70. The number of hydrogen-bond donors (Lipinski definition) is 4. The molecule has 2 heterocycles. The Bertz CT molecular complexity index is 541. The summed E-state index contributed by atoms with van der Waals surface area (Å²) in [6.07, 6.45) is 4.86. The zero-order valence-electron chi connectivity index (χ0n) is 9.27. The number of carbonyl (C=O) groups is 1. The number of aromatic nitrogens is 3. The molecule has 0 fully saturated rings. The fourth-order valence-electron chi connectivity index (χ4n) is 1.38. The number of hydrazine groups is 1. The van der Waals surface area contributed by atoms with Crippen molar-refractivity contribution in [3.63, 3.8) is 0 Å². The van der Waals surface area contributed by atoms with Gasteiger partial charge in [0.05, 0.1) is 12.1 Å². The van der Waals surface area contributed by atoms with Crippen molar-refractivity contribution in [2.75, 3.05) is 5.43 Å². The van der Waals surface area contributed by atoms with E-state index in [-0.39, 0.29) is 5.91 Å². The molecule has 2 aromatic heterocycles. The number of imidazole rings is 1. The highest BCUT2D eigenvalue weighted by molar-refractivity contribution is 9.10. The van der Waals surface area contributed by atoms with Crippen molar-refractivity contribution >= 4 is 27.7 Å². The highest BCUT2D eigenvalue weighted by atomic mass is 79.9. The monoisotopic (exact) mass is 310 g/mol. The molecule has 7 nitrogen and oxygen atoms in total. The van der Waals surface area contributed by atoms with Crippen LogP contribution in [0.25, 0.3) is 0 Å². The van der Waals surface area contributed by atoms with Gasteiger partial charge < -0.3 is 15.7 Å². The predicted molar refractivity (Wildman–Crippen MR) is 69.5 cm³/mol. The van der Waals surface area contributed by atoms with Crippen LogP contribution in [0.4, 0.5) is 5.82 Å². The number of amides is 1. The second-order valence-electron chi connectivity index (χ2n) is 3.41. The third kappa shape index (κ3) is 2.84. The van der Waals surface area contributed by atoms with E-state index in [1.54, 1.807) is 24.7 Å². The molecule has 0 aliphatic heterocycles. The molecule has 0 spiro atoms. The van der Waals surface area contributed by atoms with E-state index in [2.05, 4.69) is 41.6 Å². The van der Waals surface area contributed by atoms with E-state index in [1.165, 1.54) is 0 Å². The number of rotatable bonds is 4. The number of nitrogens with zero attached hydrogens (tertiary/aromatic N) is 2.